The maximum absolute atomic E-state index is 11.5. The van der Waals surface area contributed by atoms with Gasteiger partial charge in [0.2, 0.25) is 5.91 Å². The van der Waals surface area contributed by atoms with E-state index in [0.717, 1.165) is 5.69 Å². The summed E-state index contributed by atoms with van der Waals surface area (Å²) in [4.78, 5) is 28.0. The summed E-state index contributed by atoms with van der Waals surface area (Å²) >= 11 is 0. The normalized spacial score (nSPS) is 20.8. The third kappa shape index (κ3) is 2.17. The molecule has 1 aromatic rings. The van der Waals surface area contributed by atoms with E-state index < -0.39 is 12.2 Å². The predicted molar refractivity (Wildman–Crippen MR) is 55.9 cm³/mol. The summed E-state index contributed by atoms with van der Waals surface area (Å²) in [5.74, 6) is -0.338. The van der Waals surface area contributed by atoms with Crippen LogP contribution in [0.2, 0.25) is 0 Å². The zero-order chi connectivity index (χ0) is 11.5. The largest absolute Gasteiger partial charge is 0.325 e. The first-order chi connectivity index (χ1) is 7.66. The van der Waals surface area contributed by atoms with Crippen molar-refractivity contribution in [2.75, 3.05) is 0 Å². The fourth-order valence-corrected chi connectivity index (χ4v) is 1.55. The lowest BCUT2D eigenvalue weighted by Crippen LogP contribution is -2.57. The van der Waals surface area contributed by atoms with Gasteiger partial charge >= 0.3 is 6.03 Å². The summed E-state index contributed by atoms with van der Waals surface area (Å²) in [5, 5.41) is 2.22. The molecule has 0 aromatic carbocycles. The standard InChI is InChI=1S/C10H12N4O2/c11-8-5-9(15)13-10(16)14(8)6-7-3-1-2-4-12-7/h1-4,8H,5-6,11H2,(H,13,15,16). The first-order valence-corrected chi connectivity index (χ1v) is 4.93. The number of urea groups is 1. The van der Waals surface area contributed by atoms with Gasteiger partial charge in [0, 0.05) is 6.20 Å². The zero-order valence-corrected chi connectivity index (χ0v) is 8.59. The third-order valence-electron chi connectivity index (χ3n) is 2.36. The molecule has 1 unspecified atom stereocenters. The van der Waals surface area contributed by atoms with Gasteiger partial charge in [-0.05, 0) is 12.1 Å². The average molecular weight is 220 g/mol. The molecule has 2 rings (SSSR count). The second kappa shape index (κ2) is 4.28. The van der Waals surface area contributed by atoms with Crippen LogP contribution in [-0.2, 0) is 11.3 Å². The van der Waals surface area contributed by atoms with Crippen LogP contribution >= 0.6 is 0 Å². The molecule has 0 radical (unpaired) electrons. The summed E-state index contributed by atoms with van der Waals surface area (Å²) in [5.41, 5.74) is 6.46. The van der Waals surface area contributed by atoms with Crippen LogP contribution in [0.4, 0.5) is 4.79 Å². The van der Waals surface area contributed by atoms with Crippen molar-refractivity contribution >= 4 is 11.9 Å². The number of hydrogen-bond acceptors (Lipinski definition) is 4. The van der Waals surface area contributed by atoms with E-state index in [1.807, 2.05) is 6.07 Å². The summed E-state index contributed by atoms with van der Waals surface area (Å²) < 4.78 is 0. The van der Waals surface area contributed by atoms with Gasteiger partial charge in [0.05, 0.1) is 24.8 Å². The number of hydrogen-bond donors (Lipinski definition) is 2. The molecule has 0 saturated carbocycles. The van der Waals surface area contributed by atoms with Crippen LogP contribution in [0.1, 0.15) is 12.1 Å². The van der Waals surface area contributed by atoms with Crippen molar-refractivity contribution in [3.63, 3.8) is 0 Å². The minimum atomic E-state index is -0.580. The van der Waals surface area contributed by atoms with Gasteiger partial charge < -0.3 is 10.6 Å². The predicted octanol–water partition coefficient (Wildman–Crippen LogP) is -0.192. The van der Waals surface area contributed by atoms with Crippen LogP contribution < -0.4 is 11.1 Å². The van der Waals surface area contributed by atoms with E-state index in [2.05, 4.69) is 10.3 Å². The average Bonchev–Trinajstić information content (AvgIpc) is 2.25. The van der Waals surface area contributed by atoms with Gasteiger partial charge in [0.1, 0.15) is 0 Å². The van der Waals surface area contributed by atoms with Gasteiger partial charge in [-0.15, -0.1) is 0 Å². The fourth-order valence-electron chi connectivity index (χ4n) is 1.55. The Hall–Kier alpha value is -1.95. The minimum absolute atomic E-state index is 0.124. The molecule has 84 valence electrons. The van der Waals surface area contributed by atoms with Gasteiger partial charge in [-0.25, -0.2) is 4.79 Å². The van der Waals surface area contributed by atoms with Gasteiger partial charge in [-0.2, -0.15) is 0 Å². The van der Waals surface area contributed by atoms with Crippen molar-refractivity contribution in [3.05, 3.63) is 30.1 Å². The number of pyridine rings is 1. The Bertz CT molecular complexity index is 407. The first-order valence-electron chi connectivity index (χ1n) is 4.93. The lowest BCUT2D eigenvalue weighted by atomic mass is 10.2. The van der Waals surface area contributed by atoms with Crippen LogP contribution in [0.5, 0.6) is 0 Å². The second-order valence-corrected chi connectivity index (χ2v) is 3.57. The number of rotatable bonds is 2. The molecule has 0 bridgehead atoms. The molecule has 2 heterocycles. The smallest absolute Gasteiger partial charge is 0.311 e. The van der Waals surface area contributed by atoms with Crippen molar-refractivity contribution in [2.24, 2.45) is 5.73 Å². The van der Waals surface area contributed by atoms with Gasteiger partial charge in [0.25, 0.3) is 0 Å². The molecule has 3 N–H and O–H groups in total. The van der Waals surface area contributed by atoms with E-state index >= 15 is 0 Å². The summed E-state index contributed by atoms with van der Waals surface area (Å²) in [6, 6.07) is 4.97. The van der Waals surface area contributed by atoms with Gasteiger partial charge in [-0.1, -0.05) is 6.07 Å². The molecule has 1 fully saturated rings. The van der Waals surface area contributed by atoms with Gasteiger partial charge in [-0.3, -0.25) is 15.1 Å². The number of nitrogens with one attached hydrogen (secondary N) is 1. The SMILES string of the molecule is NC1CC(=O)NC(=O)N1Cc1ccccn1. The quantitative estimate of drug-likeness (QED) is 0.723. The molecular formula is C10H12N4O2. The molecule has 0 spiro atoms. The van der Waals surface area contributed by atoms with E-state index in [0.29, 0.717) is 6.54 Å². The summed E-state index contributed by atoms with van der Waals surface area (Å²) in [7, 11) is 0. The fraction of sp³-hybridized carbons (Fsp3) is 0.300. The van der Waals surface area contributed by atoms with Crippen LogP contribution in [-0.4, -0.2) is 28.0 Å². The first kappa shape index (κ1) is 10.6. The highest BCUT2D eigenvalue weighted by Gasteiger charge is 2.29. The highest BCUT2D eigenvalue weighted by molar-refractivity contribution is 5.97. The number of carbonyl (C=O) groups is 2. The Morgan fingerprint density at radius 3 is 2.94 bits per heavy atom. The molecule has 3 amide bonds. The number of imide groups is 1. The Labute approximate surface area is 92.4 Å². The van der Waals surface area contributed by atoms with Crippen LogP contribution in [0.3, 0.4) is 0 Å². The molecule has 16 heavy (non-hydrogen) atoms. The van der Waals surface area contributed by atoms with E-state index in [-0.39, 0.29) is 12.3 Å². The molecule has 6 nitrogen and oxygen atoms in total. The zero-order valence-electron chi connectivity index (χ0n) is 8.59. The molecule has 1 aromatic heterocycles. The van der Waals surface area contributed by atoms with Crippen molar-refractivity contribution in [3.8, 4) is 0 Å². The minimum Gasteiger partial charge on any atom is -0.311 e. The molecule has 1 aliphatic heterocycles. The number of nitrogens with zero attached hydrogens (tertiary/aromatic N) is 2. The van der Waals surface area contributed by atoms with Crippen LogP contribution in [0.25, 0.3) is 0 Å². The Kier molecular flexibility index (Phi) is 2.82. The highest BCUT2D eigenvalue weighted by Crippen LogP contribution is 2.09. The van der Waals surface area contributed by atoms with Crippen molar-refractivity contribution in [2.45, 2.75) is 19.1 Å². The van der Waals surface area contributed by atoms with E-state index in [1.54, 1.807) is 18.3 Å². The monoisotopic (exact) mass is 220 g/mol. The topological polar surface area (TPSA) is 88.3 Å². The Morgan fingerprint density at radius 2 is 2.31 bits per heavy atom. The van der Waals surface area contributed by atoms with Crippen molar-refractivity contribution < 1.29 is 9.59 Å². The lowest BCUT2D eigenvalue weighted by molar-refractivity contribution is -0.122. The van der Waals surface area contributed by atoms with Crippen LogP contribution in [0.15, 0.2) is 24.4 Å². The molecule has 1 saturated heterocycles. The number of amides is 3. The molecular weight excluding hydrogens is 208 g/mol. The number of carbonyl (C=O) groups excluding carboxylic acids is 2. The van der Waals surface area contributed by atoms with E-state index in [9.17, 15) is 9.59 Å². The van der Waals surface area contributed by atoms with E-state index in [4.69, 9.17) is 5.73 Å². The summed E-state index contributed by atoms with van der Waals surface area (Å²) in [6.45, 7) is 0.307. The van der Waals surface area contributed by atoms with Crippen LogP contribution in [0, 0.1) is 0 Å². The highest BCUT2D eigenvalue weighted by atomic mass is 16.2. The number of aromatic nitrogens is 1. The lowest BCUT2D eigenvalue weighted by Gasteiger charge is -2.32. The third-order valence-corrected chi connectivity index (χ3v) is 2.36. The van der Waals surface area contributed by atoms with Gasteiger partial charge in [0.15, 0.2) is 0 Å². The molecule has 1 aliphatic rings. The molecule has 6 heteroatoms. The van der Waals surface area contributed by atoms with E-state index in [1.165, 1.54) is 4.90 Å². The van der Waals surface area contributed by atoms with Crippen molar-refractivity contribution in [1.29, 1.82) is 0 Å². The second-order valence-electron chi connectivity index (χ2n) is 3.57. The maximum Gasteiger partial charge on any atom is 0.325 e. The number of nitrogens with two attached hydrogens (primary N) is 1. The maximum atomic E-state index is 11.5. The molecule has 0 aliphatic carbocycles. The Morgan fingerprint density at radius 1 is 1.50 bits per heavy atom. The Balaban J connectivity index is 2.09. The molecule has 1 atom stereocenters. The summed E-state index contributed by atoms with van der Waals surface area (Å²) in [6.07, 6.45) is 1.19. The van der Waals surface area contributed by atoms with Crippen molar-refractivity contribution in [1.82, 2.24) is 15.2 Å².